The third-order valence-electron chi connectivity index (χ3n) is 5.23. The third kappa shape index (κ3) is 6.03. The van der Waals surface area contributed by atoms with Gasteiger partial charge in [-0.25, -0.2) is 0 Å². The number of hydrogen-bond donors (Lipinski definition) is 1. The predicted octanol–water partition coefficient (Wildman–Crippen LogP) is 2.47. The third-order valence-corrected chi connectivity index (χ3v) is 6.39. The fourth-order valence-corrected chi connectivity index (χ4v) is 4.64. The van der Waals surface area contributed by atoms with Gasteiger partial charge in [-0.3, -0.25) is 9.97 Å². The monoisotopic (exact) mass is 469 g/mol. The molecule has 1 aromatic carbocycles. The van der Waals surface area contributed by atoms with Crippen molar-refractivity contribution in [2.24, 2.45) is 0 Å². The van der Waals surface area contributed by atoms with Gasteiger partial charge in [0.25, 0.3) is 0 Å². The second-order valence-corrected chi connectivity index (χ2v) is 8.79. The standard InChI is InChI=1S/C22H27N3O5S.Na.H/c1-16-19(14-31(26)21-24-17-6-3-4-7-18(17)25-21)23-10-8-20(16)28-13-9-22(15-27-2)29-11-5-12-30-22;;/h3-4,6-8,10H,5,9,11-15H2,1-2H3,(H,24,25);;. The second-order valence-electron chi connectivity index (χ2n) is 7.42. The molecule has 1 saturated heterocycles. The van der Waals surface area contributed by atoms with E-state index in [2.05, 4.69) is 15.0 Å². The average molecular weight is 470 g/mol. The van der Waals surface area contributed by atoms with E-state index in [9.17, 15) is 4.55 Å². The molecular weight excluding hydrogens is 441 g/mol. The van der Waals surface area contributed by atoms with Crippen LogP contribution in [0.5, 0.6) is 5.75 Å². The summed E-state index contributed by atoms with van der Waals surface area (Å²) in [5.41, 5.74) is 3.24. The minimum atomic E-state index is -1.35. The quantitative estimate of drug-likeness (QED) is 0.379. The number of fused-ring (bicyclic) bond motifs is 1. The van der Waals surface area contributed by atoms with Crippen LogP contribution in [0.25, 0.3) is 11.0 Å². The molecule has 1 N–H and O–H groups in total. The van der Waals surface area contributed by atoms with Gasteiger partial charge in [-0.15, -0.1) is 0 Å². The molecule has 3 aromatic rings. The Kier molecular flexibility index (Phi) is 9.39. The Morgan fingerprint density at radius 1 is 1.22 bits per heavy atom. The number of benzene rings is 1. The summed E-state index contributed by atoms with van der Waals surface area (Å²) in [4.78, 5) is 12.0. The minimum absolute atomic E-state index is 0. The first-order valence-corrected chi connectivity index (χ1v) is 11.6. The summed E-state index contributed by atoms with van der Waals surface area (Å²) in [5, 5.41) is 0.446. The van der Waals surface area contributed by atoms with Crippen molar-refractivity contribution in [1.82, 2.24) is 15.0 Å². The number of nitrogens with one attached hydrogen (secondary N) is 1. The molecular formula is C22H28N3NaO5S. The summed E-state index contributed by atoms with van der Waals surface area (Å²) in [7, 11) is 1.63. The van der Waals surface area contributed by atoms with Crippen LogP contribution >= 0.6 is 0 Å². The molecule has 3 heterocycles. The van der Waals surface area contributed by atoms with E-state index in [1.54, 1.807) is 13.3 Å². The van der Waals surface area contributed by atoms with Crippen LogP contribution in [0.4, 0.5) is 0 Å². The van der Waals surface area contributed by atoms with Gasteiger partial charge in [0.05, 0.1) is 36.5 Å². The first-order chi connectivity index (χ1) is 15.1. The zero-order valence-corrected chi connectivity index (χ0v) is 18.6. The van der Waals surface area contributed by atoms with Gasteiger partial charge in [-0.2, -0.15) is 4.98 Å². The van der Waals surface area contributed by atoms with Crippen LogP contribution in [0.15, 0.2) is 41.7 Å². The normalized spacial score (nSPS) is 16.5. The number of aromatic amines is 1. The first kappa shape index (κ1) is 25.5. The number of para-hydroxylation sites is 2. The molecule has 0 spiro atoms. The van der Waals surface area contributed by atoms with Crippen LogP contribution in [-0.2, 0) is 31.1 Å². The number of imidazole rings is 1. The zero-order valence-electron chi connectivity index (χ0n) is 17.8. The summed E-state index contributed by atoms with van der Waals surface area (Å²) < 4.78 is 35.8. The van der Waals surface area contributed by atoms with Crippen LogP contribution in [0.2, 0.25) is 0 Å². The molecule has 1 fully saturated rings. The van der Waals surface area contributed by atoms with E-state index in [0.29, 0.717) is 49.4 Å². The first-order valence-electron chi connectivity index (χ1n) is 10.3. The molecule has 8 nitrogen and oxygen atoms in total. The number of hydrogen-bond acceptors (Lipinski definition) is 7. The molecule has 0 amide bonds. The van der Waals surface area contributed by atoms with Crippen molar-refractivity contribution in [3.05, 3.63) is 47.8 Å². The van der Waals surface area contributed by atoms with Crippen LogP contribution in [0.3, 0.4) is 0 Å². The fourth-order valence-electron chi connectivity index (χ4n) is 3.54. The van der Waals surface area contributed by atoms with E-state index < -0.39 is 17.0 Å². The van der Waals surface area contributed by atoms with Gasteiger partial charge in [-0.05, 0) is 31.5 Å². The van der Waals surface area contributed by atoms with E-state index in [4.69, 9.17) is 18.9 Å². The molecule has 1 aliphatic rings. The Labute approximate surface area is 212 Å². The molecule has 0 radical (unpaired) electrons. The molecule has 1 unspecified atom stereocenters. The van der Waals surface area contributed by atoms with Crippen molar-refractivity contribution in [2.45, 2.75) is 36.5 Å². The molecule has 10 heteroatoms. The Bertz CT molecular complexity index is 974. The van der Waals surface area contributed by atoms with E-state index in [1.165, 1.54) is 0 Å². The molecule has 1 atom stereocenters. The zero-order chi connectivity index (χ0) is 21.7. The molecule has 0 saturated carbocycles. The number of H-pyrrole nitrogens is 1. The summed E-state index contributed by atoms with van der Waals surface area (Å²) in [5.74, 6) is 0.192. The summed E-state index contributed by atoms with van der Waals surface area (Å²) >= 11 is -1.35. The maximum atomic E-state index is 12.9. The topological polar surface area (TPSA) is 102 Å². The Morgan fingerprint density at radius 3 is 2.75 bits per heavy atom. The van der Waals surface area contributed by atoms with E-state index in [-0.39, 0.29) is 35.3 Å². The van der Waals surface area contributed by atoms with E-state index >= 15 is 0 Å². The van der Waals surface area contributed by atoms with Crippen molar-refractivity contribution in [2.75, 3.05) is 33.5 Å². The van der Waals surface area contributed by atoms with Crippen molar-refractivity contribution in [1.29, 1.82) is 0 Å². The van der Waals surface area contributed by atoms with Gasteiger partial charge in [0.1, 0.15) is 12.4 Å². The van der Waals surface area contributed by atoms with Gasteiger partial charge in [0.2, 0.25) is 0 Å². The molecule has 4 rings (SSSR count). The number of ether oxygens (including phenoxy) is 4. The van der Waals surface area contributed by atoms with Gasteiger partial charge in [-0.1, -0.05) is 12.1 Å². The molecule has 168 valence electrons. The van der Waals surface area contributed by atoms with E-state index in [1.807, 2.05) is 37.3 Å². The second kappa shape index (κ2) is 11.8. The van der Waals surface area contributed by atoms with Crippen molar-refractivity contribution in [3.8, 4) is 5.75 Å². The number of rotatable bonds is 9. The van der Waals surface area contributed by atoms with Crippen molar-refractivity contribution >= 4 is 51.8 Å². The number of nitrogens with zero attached hydrogens (tertiary/aromatic N) is 2. The maximum absolute atomic E-state index is 12.9. The molecule has 2 aromatic heterocycles. The van der Waals surface area contributed by atoms with Crippen LogP contribution in [0.1, 0.15) is 24.1 Å². The number of aromatic nitrogens is 3. The summed E-state index contributed by atoms with van der Waals surface area (Å²) in [6.07, 6.45) is 3.09. The molecule has 32 heavy (non-hydrogen) atoms. The van der Waals surface area contributed by atoms with Gasteiger partial charge in [0.15, 0.2) is 11.5 Å². The van der Waals surface area contributed by atoms with E-state index in [0.717, 1.165) is 23.0 Å². The molecule has 0 aliphatic carbocycles. The predicted molar refractivity (Wildman–Crippen MR) is 124 cm³/mol. The Balaban J connectivity index is 0.00000289. The Hall–Kier alpha value is -1.17. The number of methoxy groups -OCH3 is 1. The molecule has 1 aliphatic heterocycles. The SMILES string of the molecule is COCC1(CCOc2ccnc(C[S+]([O-])c3nc4ccccc4[nH]3)c2C)OCCCO1.[NaH]. The van der Waals surface area contributed by atoms with Gasteiger partial charge < -0.3 is 23.5 Å². The Morgan fingerprint density at radius 2 is 2.00 bits per heavy atom. The van der Waals surface area contributed by atoms with Crippen LogP contribution < -0.4 is 4.74 Å². The van der Waals surface area contributed by atoms with Crippen molar-refractivity contribution in [3.63, 3.8) is 0 Å². The van der Waals surface area contributed by atoms with Gasteiger partial charge >= 0.3 is 34.7 Å². The number of pyridine rings is 1. The fraction of sp³-hybridized carbons (Fsp3) is 0.455. The van der Waals surface area contributed by atoms with Crippen LogP contribution in [0, 0.1) is 6.92 Å². The summed E-state index contributed by atoms with van der Waals surface area (Å²) in [6, 6.07) is 9.44. The summed E-state index contributed by atoms with van der Waals surface area (Å²) in [6.45, 7) is 3.98. The van der Waals surface area contributed by atoms with Crippen molar-refractivity contribution < 1.29 is 23.5 Å². The van der Waals surface area contributed by atoms with Crippen LogP contribution in [-0.4, -0.2) is 88.4 Å². The molecule has 0 bridgehead atoms. The van der Waals surface area contributed by atoms with Gasteiger partial charge in [0, 0.05) is 36.5 Å². The average Bonchev–Trinajstić information content (AvgIpc) is 3.22.